The van der Waals surface area contributed by atoms with E-state index in [4.69, 9.17) is 10.5 Å². The molecule has 2 rings (SSSR count). The number of hydrogen-bond acceptors (Lipinski definition) is 7. The highest BCUT2D eigenvalue weighted by molar-refractivity contribution is 9.10. The molecule has 12 heteroatoms. The lowest BCUT2D eigenvalue weighted by Crippen LogP contribution is -2.50. The van der Waals surface area contributed by atoms with Crippen molar-refractivity contribution >= 4 is 43.7 Å². The van der Waals surface area contributed by atoms with Crippen LogP contribution in [0.25, 0.3) is 0 Å². The molecule has 0 bridgehead atoms. The molecular formula is C19H18BrNO9S. The van der Waals surface area contributed by atoms with Gasteiger partial charge in [0.2, 0.25) is 9.84 Å². The number of sulfone groups is 1. The monoisotopic (exact) mass is 515 g/mol. The number of halogens is 1. The van der Waals surface area contributed by atoms with E-state index in [0.29, 0.717) is 5.75 Å². The van der Waals surface area contributed by atoms with Crippen molar-refractivity contribution in [2.45, 2.75) is 22.3 Å². The number of rotatable bonds is 8. The topological polar surface area (TPSA) is 181 Å². The number of carboxylic acids is 3. The van der Waals surface area contributed by atoms with E-state index in [-0.39, 0.29) is 9.37 Å². The van der Waals surface area contributed by atoms with E-state index in [1.807, 2.05) is 0 Å². The Bertz CT molecular complexity index is 1140. The van der Waals surface area contributed by atoms with E-state index in [9.17, 15) is 38.1 Å². The molecule has 0 heterocycles. The van der Waals surface area contributed by atoms with E-state index in [2.05, 4.69) is 15.9 Å². The number of ether oxygens (including phenoxy) is 1. The third-order valence-corrected chi connectivity index (χ3v) is 6.92. The van der Waals surface area contributed by atoms with Crippen LogP contribution in [0, 0.1) is 5.92 Å². The summed E-state index contributed by atoms with van der Waals surface area (Å²) in [6.07, 6.45) is 0. The molecule has 0 saturated carbocycles. The van der Waals surface area contributed by atoms with Crippen LogP contribution < -0.4 is 10.5 Å². The fraction of sp³-hybridized carbons (Fsp3) is 0.211. The van der Waals surface area contributed by atoms with Crippen LogP contribution in [0.5, 0.6) is 5.75 Å². The molecule has 0 saturated heterocycles. The summed E-state index contributed by atoms with van der Waals surface area (Å²) < 4.78 is 31.9. The molecule has 1 atom stereocenters. The SMILES string of the molecule is COc1ccc(S(=O)(=O)c2c(C(=O)O)cc(Br)cc2C(C)(N)C(C(=O)O)C(=O)O)cc1. The van der Waals surface area contributed by atoms with Gasteiger partial charge >= 0.3 is 17.9 Å². The average Bonchev–Trinajstić information content (AvgIpc) is 2.66. The average molecular weight is 516 g/mol. The molecule has 0 aromatic heterocycles. The van der Waals surface area contributed by atoms with Crippen LogP contribution in [0.3, 0.4) is 0 Å². The summed E-state index contributed by atoms with van der Waals surface area (Å²) in [4.78, 5) is 34.0. The maximum atomic E-state index is 13.4. The fourth-order valence-corrected chi connectivity index (χ4v) is 5.28. The minimum absolute atomic E-state index is 0.0692. The van der Waals surface area contributed by atoms with Crippen molar-refractivity contribution in [2.75, 3.05) is 7.11 Å². The lowest BCUT2D eigenvalue weighted by molar-refractivity contribution is -0.158. The molecule has 166 valence electrons. The zero-order valence-electron chi connectivity index (χ0n) is 16.2. The highest BCUT2D eigenvalue weighted by Gasteiger charge is 2.47. The molecule has 5 N–H and O–H groups in total. The van der Waals surface area contributed by atoms with Gasteiger partial charge in [0.05, 0.1) is 28.0 Å². The van der Waals surface area contributed by atoms with E-state index in [1.165, 1.54) is 31.4 Å². The first-order valence-corrected chi connectivity index (χ1v) is 10.7. The smallest absolute Gasteiger partial charge is 0.337 e. The van der Waals surface area contributed by atoms with Gasteiger partial charge in [-0.3, -0.25) is 9.59 Å². The molecule has 0 aliphatic rings. The van der Waals surface area contributed by atoms with Crippen molar-refractivity contribution in [1.82, 2.24) is 0 Å². The Morgan fingerprint density at radius 1 is 1.06 bits per heavy atom. The first-order chi connectivity index (χ1) is 14.2. The number of hydrogen-bond donors (Lipinski definition) is 4. The van der Waals surface area contributed by atoms with Gasteiger partial charge in [0.1, 0.15) is 5.75 Å². The quantitative estimate of drug-likeness (QED) is 0.379. The first kappa shape index (κ1) is 24.3. The Hall–Kier alpha value is -2.96. The lowest BCUT2D eigenvalue weighted by Gasteiger charge is -2.31. The number of benzene rings is 2. The highest BCUT2D eigenvalue weighted by Crippen LogP contribution is 2.39. The van der Waals surface area contributed by atoms with Gasteiger partial charge in [0.15, 0.2) is 5.92 Å². The molecule has 0 fully saturated rings. The van der Waals surface area contributed by atoms with Crippen molar-refractivity contribution in [3.63, 3.8) is 0 Å². The minimum Gasteiger partial charge on any atom is -0.497 e. The van der Waals surface area contributed by atoms with Gasteiger partial charge in [-0.2, -0.15) is 0 Å². The Kier molecular flexibility index (Phi) is 6.78. The van der Waals surface area contributed by atoms with E-state index in [0.717, 1.165) is 19.1 Å². The predicted octanol–water partition coefficient (Wildman–Crippen LogP) is 1.95. The number of aromatic carboxylic acids is 1. The second kappa shape index (κ2) is 8.65. The van der Waals surface area contributed by atoms with Gasteiger partial charge in [-0.15, -0.1) is 0 Å². The molecule has 0 radical (unpaired) electrons. The molecule has 2 aromatic carbocycles. The molecule has 31 heavy (non-hydrogen) atoms. The predicted molar refractivity (Wildman–Crippen MR) is 110 cm³/mol. The van der Waals surface area contributed by atoms with E-state index >= 15 is 0 Å². The Balaban J connectivity index is 2.96. The standard InChI is InChI=1S/C19H18BrNO9S/c1-19(21,14(17(24)25)18(26)27)13-8-9(20)7-12(16(22)23)15(13)31(28,29)11-5-3-10(30-2)4-6-11/h3-8,14H,21H2,1-2H3,(H,22,23)(H,24,25)(H,26,27). The van der Waals surface area contributed by atoms with Crippen LogP contribution in [0.15, 0.2) is 50.7 Å². The summed E-state index contributed by atoms with van der Waals surface area (Å²) in [6.45, 7) is 1.01. The van der Waals surface area contributed by atoms with Crippen LogP contribution >= 0.6 is 15.9 Å². The number of nitrogens with two attached hydrogens (primary N) is 1. The van der Waals surface area contributed by atoms with E-state index < -0.39 is 55.2 Å². The van der Waals surface area contributed by atoms with Crippen molar-refractivity contribution in [2.24, 2.45) is 11.7 Å². The third kappa shape index (κ3) is 4.55. The molecule has 2 aromatic rings. The minimum atomic E-state index is -4.58. The van der Waals surface area contributed by atoms with E-state index in [1.54, 1.807) is 0 Å². The summed E-state index contributed by atoms with van der Waals surface area (Å²) in [7, 11) is -3.21. The summed E-state index contributed by atoms with van der Waals surface area (Å²) >= 11 is 3.05. The molecule has 10 nitrogen and oxygen atoms in total. The number of carboxylic acid groups (broad SMARTS) is 3. The van der Waals surface area contributed by atoms with Gasteiger partial charge < -0.3 is 25.8 Å². The second-order valence-electron chi connectivity index (χ2n) is 6.71. The Morgan fingerprint density at radius 2 is 1.58 bits per heavy atom. The van der Waals surface area contributed by atoms with Crippen LogP contribution in [-0.4, -0.2) is 48.8 Å². The van der Waals surface area contributed by atoms with Crippen molar-refractivity contribution in [1.29, 1.82) is 0 Å². The Morgan fingerprint density at radius 3 is 2.00 bits per heavy atom. The van der Waals surface area contributed by atoms with Crippen LogP contribution in [0.1, 0.15) is 22.8 Å². The summed E-state index contributed by atoms with van der Waals surface area (Å²) in [5.41, 5.74) is 2.59. The van der Waals surface area contributed by atoms with Gasteiger partial charge in [-0.1, -0.05) is 15.9 Å². The molecule has 0 aliphatic heterocycles. The van der Waals surface area contributed by atoms with Crippen LogP contribution in [-0.2, 0) is 25.0 Å². The second-order valence-corrected chi connectivity index (χ2v) is 9.51. The number of aliphatic carboxylic acids is 2. The number of methoxy groups -OCH3 is 1. The maximum Gasteiger partial charge on any atom is 0.337 e. The summed E-state index contributed by atoms with van der Waals surface area (Å²) in [5.74, 6) is -7.20. The molecule has 0 aliphatic carbocycles. The Labute approximate surface area is 185 Å². The molecule has 0 amide bonds. The van der Waals surface area contributed by atoms with Crippen LogP contribution in [0.2, 0.25) is 0 Å². The molecular weight excluding hydrogens is 498 g/mol. The van der Waals surface area contributed by atoms with Crippen molar-refractivity contribution < 1.29 is 42.9 Å². The molecule has 0 spiro atoms. The number of carbonyl (C=O) groups is 3. The lowest BCUT2D eigenvalue weighted by atomic mass is 9.79. The maximum absolute atomic E-state index is 13.4. The van der Waals surface area contributed by atoms with Crippen molar-refractivity contribution in [3.8, 4) is 5.75 Å². The highest BCUT2D eigenvalue weighted by atomic mass is 79.9. The summed E-state index contributed by atoms with van der Waals surface area (Å²) in [5, 5.41) is 28.5. The van der Waals surface area contributed by atoms with Gasteiger partial charge in [0.25, 0.3) is 0 Å². The largest absolute Gasteiger partial charge is 0.497 e. The normalized spacial score (nSPS) is 13.5. The first-order valence-electron chi connectivity index (χ1n) is 8.46. The van der Waals surface area contributed by atoms with Gasteiger partial charge in [-0.05, 0) is 48.9 Å². The zero-order valence-corrected chi connectivity index (χ0v) is 18.6. The third-order valence-electron chi connectivity index (χ3n) is 4.60. The zero-order chi connectivity index (χ0) is 23.7. The molecule has 1 unspecified atom stereocenters. The summed E-state index contributed by atoms with van der Waals surface area (Å²) in [6, 6.07) is 7.13. The van der Waals surface area contributed by atoms with Crippen LogP contribution in [0.4, 0.5) is 0 Å². The van der Waals surface area contributed by atoms with Gasteiger partial charge in [0, 0.05) is 4.47 Å². The van der Waals surface area contributed by atoms with Gasteiger partial charge in [-0.25, -0.2) is 13.2 Å². The fourth-order valence-electron chi connectivity index (χ4n) is 3.09. The van der Waals surface area contributed by atoms with Crippen molar-refractivity contribution in [3.05, 3.63) is 52.0 Å².